The molecule has 120 valence electrons. The summed E-state index contributed by atoms with van der Waals surface area (Å²) in [5, 5.41) is 20.0. The fourth-order valence-electron chi connectivity index (χ4n) is 3.15. The normalized spacial score (nSPS) is 25.6. The number of aliphatic hydroxyl groups is 2. The Bertz CT molecular complexity index is 514. The third kappa shape index (κ3) is 3.76. The van der Waals surface area contributed by atoms with Gasteiger partial charge < -0.3 is 15.1 Å². The van der Waals surface area contributed by atoms with Crippen molar-refractivity contribution in [2.75, 3.05) is 19.7 Å². The molecule has 1 fully saturated rings. The van der Waals surface area contributed by atoms with Gasteiger partial charge in [0.15, 0.2) is 0 Å². The van der Waals surface area contributed by atoms with E-state index in [-0.39, 0.29) is 12.5 Å². The van der Waals surface area contributed by atoms with Crippen LogP contribution in [0.2, 0.25) is 0 Å². The SMILES string of the molecule is CCC[C@]1(CO)CN(C(=O)C=Cc2ccccc2)CC[C@@H]1O. The number of carbonyl (C=O) groups excluding carboxylic acids is 1. The predicted octanol–water partition coefficient (Wildman–Crippen LogP) is 2.07. The highest BCUT2D eigenvalue weighted by atomic mass is 16.3. The Kier molecular flexibility index (Phi) is 5.75. The van der Waals surface area contributed by atoms with Crippen LogP contribution < -0.4 is 0 Å². The van der Waals surface area contributed by atoms with Crippen LogP contribution in [0, 0.1) is 5.41 Å². The Balaban J connectivity index is 2.05. The van der Waals surface area contributed by atoms with Gasteiger partial charge in [0.1, 0.15) is 0 Å². The van der Waals surface area contributed by atoms with Gasteiger partial charge in [-0.1, -0.05) is 43.7 Å². The van der Waals surface area contributed by atoms with E-state index in [1.807, 2.05) is 37.3 Å². The summed E-state index contributed by atoms with van der Waals surface area (Å²) >= 11 is 0. The van der Waals surface area contributed by atoms with E-state index < -0.39 is 11.5 Å². The second kappa shape index (κ2) is 7.56. The van der Waals surface area contributed by atoms with Crippen molar-refractivity contribution in [1.29, 1.82) is 0 Å². The molecule has 4 heteroatoms. The molecule has 0 radical (unpaired) electrons. The van der Waals surface area contributed by atoms with E-state index in [0.717, 1.165) is 18.4 Å². The van der Waals surface area contributed by atoms with E-state index in [1.165, 1.54) is 0 Å². The molecule has 1 aliphatic rings. The lowest BCUT2D eigenvalue weighted by Crippen LogP contribution is -2.55. The highest BCUT2D eigenvalue weighted by Gasteiger charge is 2.42. The van der Waals surface area contributed by atoms with Crippen LogP contribution in [-0.4, -0.2) is 46.8 Å². The molecule has 1 aromatic rings. The number of nitrogens with zero attached hydrogens (tertiary/aromatic N) is 1. The third-order valence-electron chi connectivity index (χ3n) is 4.48. The average molecular weight is 303 g/mol. The average Bonchev–Trinajstić information content (AvgIpc) is 2.56. The summed E-state index contributed by atoms with van der Waals surface area (Å²) in [4.78, 5) is 14.1. The Morgan fingerprint density at radius 1 is 1.41 bits per heavy atom. The van der Waals surface area contributed by atoms with Gasteiger partial charge in [-0.15, -0.1) is 0 Å². The summed E-state index contributed by atoms with van der Waals surface area (Å²) in [5.74, 6) is -0.0651. The van der Waals surface area contributed by atoms with E-state index in [2.05, 4.69) is 0 Å². The first-order valence-corrected chi connectivity index (χ1v) is 7.92. The van der Waals surface area contributed by atoms with Crippen LogP contribution in [-0.2, 0) is 4.79 Å². The van der Waals surface area contributed by atoms with Crippen LogP contribution in [0.5, 0.6) is 0 Å². The molecule has 22 heavy (non-hydrogen) atoms. The molecule has 0 spiro atoms. The van der Waals surface area contributed by atoms with Gasteiger partial charge >= 0.3 is 0 Å². The van der Waals surface area contributed by atoms with Crippen molar-refractivity contribution in [2.24, 2.45) is 5.41 Å². The Labute approximate surface area is 132 Å². The van der Waals surface area contributed by atoms with Gasteiger partial charge in [-0.25, -0.2) is 0 Å². The summed E-state index contributed by atoms with van der Waals surface area (Å²) < 4.78 is 0. The highest BCUT2D eigenvalue weighted by molar-refractivity contribution is 5.91. The molecular formula is C18H25NO3. The van der Waals surface area contributed by atoms with Gasteiger partial charge in [-0.2, -0.15) is 0 Å². The first kappa shape index (κ1) is 16.7. The fraction of sp³-hybridized carbons (Fsp3) is 0.500. The Morgan fingerprint density at radius 3 is 2.77 bits per heavy atom. The number of aliphatic hydroxyl groups excluding tert-OH is 2. The van der Waals surface area contributed by atoms with Gasteiger partial charge in [0.05, 0.1) is 12.7 Å². The van der Waals surface area contributed by atoms with Crippen LogP contribution in [0.4, 0.5) is 0 Å². The summed E-state index contributed by atoms with van der Waals surface area (Å²) in [6, 6.07) is 9.68. The number of amides is 1. The maximum absolute atomic E-state index is 12.4. The number of hydrogen-bond donors (Lipinski definition) is 2. The van der Waals surface area contributed by atoms with Crippen LogP contribution in [0.3, 0.4) is 0 Å². The molecule has 2 atom stereocenters. The van der Waals surface area contributed by atoms with Crippen LogP contribution in [0.1, 0.15) is 31.7 Å². The molecule has 1 heterocycles. The predicted molar refractivity (Wildman–Crippen MR) is 87.1 cm³/mol. The van der Waals surface area contributed by atoms with Crippen molar-refractivity contribution >= 4 is 12.0 Å². The lowest BCUT2D eigenvalue weighted by atomic mass is 9.74. The molecule has 4 nitrogen and oxygen atoms in total. The van der Waals surface area contributed by atoms with E-state index in [0.29, 0.717) is 19.5 Å². The van der Waals surface area contributed by atoms with Crippen molar-refractivity contribution in [3.05, 3.63) is 42.0 Å². The summed E-state index contributed by atoms with van der Waals surface area (Å²) in [6.07, 6.45) is 4.94. The Morgan fingerprint density at radius 2 is 2.14 bits per heavy atom. The standard InChI is InChI=1S/C18H25NO3/c1-2-11-18(14-20)13-19(12-10-16(18)21)17(22)9-8-15-6-4-3-5-7-15/h3-9,16,20-21H,2,10-14H2,1H3/t16-,18+/m0/s1. The molecule has 0 unspecified atom stereocenters. The monoisotopic (exact) mass is 303 g/mol. The molecule has 0 bridgehead atoms. The van der Waals surface area contributed by atoms with E-state index in [1.54, 1.807) is 17.1 Å². The van der Waals surface area contributed by atoms with Crippen LogP contribution in [0.25, 0.3) is 6.08 Å². The van der Waals surface area contributed by atoms with Crippen molar-refractivity contribution in [1.82, 2.24) is 4.90 Å². The van der Waals surface area contributed by atoms with Gasteiger partial charge in [0.25, 0.3) is 0 Å². The first-order chi connectivity index (χ1) is 10.6. The number of benzene rings is 1. The highest BCUT2D eigenvalue weighted by Crippen LogP contribution is 2.34. The number of hydrogen-bond acceptors (Lipinski definition) is 3. The van der Waals surface area contributed by atoms with Crippen molar-refractivity contribution in [3.63, 3.8) is 0 Å². The number of likely N-dealkylation sites (tertiary alicyclic amines) is 1. The maximum atomic E-state index is 12.4. The lowest BCUT2D eigenvalue weighted by Gasteiger charge is -2.45. The van der Waals surface area contributed by atoms with E-state index in [4.69, 9.17) is 0 Å². The molecule has 1 aromatic carbocycles. The van der Waals surface area contributed by atoms with Crippen LogP contribution in [0.15, 0.2) is 36.4 Å². The van der Waals surface area contributed by atoms with Crippen LogP contribution >= 0.6 is 0 Å². The van der Waals surface area contributed by atoms with Crippen molar-refractivity contribution in [2.45, 2.75) is 32.3 Å². The molecule has 1 saturated heterocycles. The van der Waals surface area contributed by atoms with Gasteiger partial charge in [0.2, 0.25) is 5.91 Å². The third-order valence-corrected chi connectivity index (χ3v) is 4.48. The zero-order chi connectivity index (χ0) is 16.0. The van der Waals surface area contributed by atoms with E-state index in [9.17, 15) is 15.0 Å². The number of carbonyl (C=O) groups is 1. The second-order valence-corrected chi connectivity index (χ2v) is 6.08. The smallest absolute Gasteiger partial charge is 0.246 e. The minimum Gasteiger partial charge on any atom is -0.396 e. The Hall–Kier alpha value is -1.65. The molecule has 1 aliphatic heterocycles. The van der Waals surface area contributed by atoms with Gasteiger partial charge in [0, 0.05) is 24.6 Å². The second-order valence-electron chi connectivity index (χ2n) is 6.08. The number of rotatable bonds is 5. The molecule has 2 rings (SSSR count). The summed E-state index contributed by atoms with van der Waals surface area (Å²) in [6.45, 7) is 2.88. The molecular weight excluding hydrogens is 278 g/mol. The zero-order valence-electron chi connectivity index (χ0n) is 13.1. The summed E-state index contributed by atoms with van der Waals surface area (Å²) in [7, 11) is 0. The van der Waals surface area contributed by atoms with Gasteiger partial charge in [-0.3, -0.25) is 4.79 Å². The quantitative estimate of drug-likeness (QED) is 0.819. The molecule has 0 aliphatic carbocycles. The van der Waals surface area contributed by atoms with Crippen molar-refractivity contribution < 1.29 is 15.0 Å². The molecule has 0 aromatic heterocycles. The van der Waals surface area contributed by atoms with Crippen molar-refractivity contribution in [3.8, 4) is 0 Å². The number of piperidine rings is 1. The molecule has 2 N–H and O–H groups in total. The van der Waals surface area contributed by atoms with E-state index >= 15 is 0 Å². The molecule has 1 amide bonds. The topological polar surface area (TPSA) is 60.8 Å². The van der Waals surface area contributed by atoms with Gasteiger partial charge in [-0.05, 0) is 24.5 Å². The zero-order valence-corrected chi connectivity index (χ0v) is 13.1. The first-order valence-electron chi connectivity index (χ1n) is 7.92. The molecule has 0 saturated carbocycles. The summed E-state index contributed by atoms with van der Waals surface area (Å²) in [5.41, 5.74) is 0.401. The largest absolute Gasteiger partial charge is 0.396 e. The minimum atomic E-state index is -0.580. The maximum Gasteiger partial charge on any atom is 0.246 e. The fourth-order valence-corrected chi connectivity index (χ4v) is 3.15. The minimum absolute atomic E-state index is 0.0651. The lowest BCUT2D eigenvalue weighted by molar-refractivity contribution is -0.137.